The number of rotatable bonds is 10. The van der Waals surface area contributed by atoms with Gasteiger partial charge in [0.15, 0.2) is 11.5 Å². The van der Waals surface area contributed by atoms with E-state index >= 15 is 0 Å². The van der Waals surface area contributed by atoms with Crippen LogP contribution in [0.4, 0.5) is 8.78 Å². The largest absolute Gasteiger partial charge is 0.485 e. The van der Waals surface area contributed by atoms with Crippen molar-refractivity contribution in [2.24, 2.45) is 5.92 Å². The monoisotopic (exact) mass is 450 g/mol. The van der Waals surface area contributed by atoms with E-state index < -0.39 is 0 Å². The SMILES string of the molecule is Fc1ccc(COc2ccc(CCCC3CCCCC3)cc2OCc2ccc(F)cc2)cc1. The van der Waals surface area contributed by atoms with E-state index in [9.17, 15) is 8.78 Å². The Bertz CT molecular complexity index is 993. The predicted octanol–water partition coefficient (Wildman–Crippen LogP) is 8.03. The lowest BCUT2D eigenvalue weighted by atomic mass is 9.85. The predicted molar refractivity (Wildman–Crippen MR) is 127 cm³/mol. The summed E-state index contributed by atoms with van der Waals surface area (Å²) in [5, 5.41) is 0. The smallest absolute Gasteiger partial charge is 0.161 e. The zero-order chi connectivity index (χ0) is 22.9. The molecule has 174 valence electrons. The molecule has 0 bridgehead atoms. The van der Waals surface area contributed by atoms with Crippen LogP contribution in [0.2, 0.25) is 0 Å². The minimum atomic E-state index is -0.264. The summed E-state index contributed by atoms with van der Waals surface area (Å²) in [7, 11) is 0. The van der Waals surface area contributed by atoms with Gasteiger partial charge in [-0.05, 0) is 71.8 Å². The lowest BCUT2D eigenvalue weighted by molar-refractivity contribution is 0.255. The summed E-state index contributed by atoms with van der Waals surface area (Å²) in [6.07, 6.45) is 10.4. The molecule has 0 aromatic heterocycles. The van der Waals surface area contributed by atoms with Crippen molar-refractivity contribution in [1.82, 2.24) is 0 Å². The summed E-state index contributed by atoms with van der Waals surface area (Å²) in [6.45, 7) is 0.660. The lowest BCUT2D eigenvalue weighted by Gasteiger charge is -2.21. The minimum absolute atomic E-state index is 0.262. The van der Waals surface area contributed by atoms with E-state index in [1.165, 1.54) is 74.8 Å². The van der Waals surface area contributed by atoms with Gasteiger partial charge in [0.25, 0.3) is 0 Å². The van der Waals surface area contributed by atoms with Gasteiger partial charge in [-0.1, -0.05) is 68.9 Å². The molecule has 1 saturated carbocycles. The summed E-state index contributed by atoms with van der Waals surface area (Å²) < 4.78 is 38.5. The van der Waals surface area contributed by atoms with E-state index in [0.29, 0.717) is 24.7 Å². The standard InChI is InChI=1S/C29H32F2O2/c30-26-14-9-24(10-15-26)20-32-28-18-13-23(8-4-7-22-5-2-1-3-6-22)19-29(28)33-21-25-11-16-27(31)17-12-25/h9-19,22H,1-8,20-21H2. The first-order chi connectivity index (χ1) is 16.2. The molecule has 0 heterocycles. The number of halogens is 2. The molecule has 0 atom stereocenters. The molecule has 0 N–H and O–H groups in total. The van der Waals surface area contributed by atoms with Crippen LogP contribution in [0.1, 0.15) is 61.6 Å². The molecule has 3 aromatic carbocycles. The second kappa shape index (κ2) is 11.8. The normalized spacial score (nSPS) is 14.2. The van der Waals surface area contributed by atoms with Crippen molar-refractivity contribution in [2.75, 3.05) is 0 Å². The minimum Gasteiger partial charge on any atom is -0.485 e. The van der Waals surface area contributed by atoms with Crippen molar-refractivity contribution in [3.63, 3.8) is 0 Å². The van der Waals surface area contributed by atoms with Crippen molar-refractivity contribution in [1.29, 1.82) is 0 Å². The average molecular weight is 451 g/mol. The molecule has 1 aliphatic carbocycles. The first-order valence-electron chi connectivity index (χ1n) is 12.0. The Morgan fingerprint density at radius 1 is 0.636 bits per heavy atom. The van der Waals surface area contributed by atoms with E-state index in [0.717, 1.165) is 23.5 Å². The van der Waals surface area contributed by atoms with E-state index in [-0.39, 0.29) is 11.6 Å². The molecule has 0 radical (unpaired) electrons. The Morgan fingerprint density at radius 2 is 1.18 bits per heavy atom. The number of hydrogen-bond donors (Lipinski definition) is 0. The molecule has 0 spiro atoms. The van der Waals surface area contributed by atoms with Crippen LogP contribution < -0.4 is 9.47 Å². The summed E-state index contributed by atoms with van der Waals surface area (Å²) in [5.41, 5.74) is 3.01. The Hall–Kier alpha value is -2.88. The van der Waals surface area contributed by atoms with Crippen LogP contribution in [0.15, 0.2) is 66.7 Å². The molecule has 0 unspecified atom stereocenters. The molecule has 2 nitrogen and oxygen atoms in total. The highest BCUT2D eigenvalue weighted by molar-refractivity contribution is 5.43. The van der Waals surface area contributed by atoms with E-state index in [1.807, 2.05) is 6.07 Å². The van der Waals surface area contributed by atoms with Crippen LogP contribution in [-0.4, -0.2) is 0 Å². The quantitative estimate of drug-likeness (QED) is 0.311. The van der Waals surface area contributed by atoms with E-state index in [4.69, 9.17) is 9.47 Å². The third-order valence-corrected chi connectivity index (χ3v) is 6.43. The Labute approximate surface area is 195 Å². The van der Waals surface area contributed by atoms with Gasteiger partial charge in [-0.3, -0.25) is 0 Å². The zero-order valence-electron chi connectivity index (χ0n) is 19.1. The second-order valence-electron chi connectivity index (χ2n) is 9.01. The topological polar surface area (TPSA) is 18.5 Å². The first kappa shape index (κ1) is 23.3. The maximum absolute atomic E-state index is 13.2. The molecule has 33 heavy (non-hydrogen) atoms. The van der Waals surface area contributed by atoms with Gasteiger partial charge in [0, 0.05) is 0 Å². The molecule has 0 saturated heterocycles. The fourth-order valence-electron chi connectivity index (χ4n) is 4.49. The van der Waals surface area contributed by atoms with Crippen LogP contribution in [0.5, 0.6) is 11.5 Å². The summed E-state index contributed by atoms with van der Waals surface area (Å²) in [4.78, 5) is 0. The molecule has 0 aliphatic heterocycles. The van der Waals surface area contributed by atoms with E-state index in [1.54, 1.807) is 24.3 Å². The molecule has 4 heteroatoms. The molecule has 4 rings (SSSR count). The van der Waals surface area contributed by atoms with Crippen LogP contribution >= 0.6 is 0 Å². The zero-order valence-corrected chi connectivity index (χ0v) is 19.1. The van der Waals surface area contributed by atoms with Gasteiger partial charge in [-0.15, -0.1) is 0 Å². The molecular formula is C29H32F2O2. The summed E-state index contributed by atoms with van der Waals surface area (Å²) in [5.74, 6) is 1.68. The van der Waals surface area contributed by atoms with Crippen molar-refractivity contribution in [3.05, 3.63) is 95.1 Å². The number of aryl methyl sites for hydroxylation is 1. The van der Waals surface area contributed by atoms with Gasteiger partial charge in [-0.2, -0.15) is 0 Å². The number of ether oxygens (including phenoxy) is 2. The van der Waals surface area contributed by atoms with Gasteiger partial charge in [0.1, 0.15) is 24.8 Å². The van der Waals surface area contributed by atoms with Crippen molar-refractivity contribution < 1.29 is 18.3 Å². The fraction of sp³-hybridized carbons (Fsp3) is 0.379. The average Bonchev–Trinajstić information content (AvgIpc) is 2.85. The van der Waals surface area contributed by atoms with E-state index in [2.05, 4.69) is 12.1 Å². The molecule has 0 amide bonds. The Balaban J connectivity index is 1.41. The number of benzene rings is 3. The van der Waals surface area contributed by atoms with Crippen LogP contribution in [0, 0.1) is 17.6 Å². The maximum Gasteiger partial charge on any atom is 0.161 e. The van der Waals surface area contributed by atoms with Gasteiger partial charge in [0.05, 0.1) is 0 Å². The third kappa shape index (κ3) is 7.31. The molecular weight excluding hydrogens is 418 g/mol. The van der Waals surface area contributed by atoms with Crippen molar-refractivity contribution in [3.8, 4) is 11.5 Å². The highest BCUT2D eigenvalue weighted by atomic mass is 19.1. The van der Waals surface area contributed by atoms with Crippen molar-refractivity contribution in [2.45, 2.75) is 64.6 Å². The molecule has 1 aliphatic rings. The Morgan fingerprint density at radius 3 is 1.79 bits per heavy atom. The summed E-state index contributed by atoms with van der Waals surface area (Å²) in [6, 6.07) is 18.7. The Kier molecular flexibility index (Phi) is 8.35. The first-order valence-corrected chi connectivity index (χ1v) is 12.0. The fourth-order valence-corrected chi connectivity index (χ4v) is 4.49. The lowest BCUT2D eigenvalue weighted by Crippen LogP contribution is -2.06. The maximum atomic E-state index is 13.2. The van der Waals surface area contributed by atoms with Crippen LogP contribution in [0.3, 0.4) is 0 Å². The van der Waals surface area contributed by atoms with Crippen molar-refractivity contribution >= 4 is 0 Å². The summed E-state index contributed by atoms with van der Waals surface area (Å²) >= 11 is 0. The van der Waals surface area contributed by atoms with Crippen LogP contribution in [0.25, 0.3) is 0 Å². The second-order valence-corrected chi connectivity index (χ2v) is 9.01. The molecule has 1 fully saturated rings. The van der Waals surface area contributed by atoms with Gasteiger partial charge in [0.2, 0.25) is 0 Å². The van der Waals surface area contributed by atoms with Gasteiger partial charge in [-0.25, -0.2) is 8.78 Å². The molecule has 3 aromatic rings. The van der Waals surface area contributed by atoms with Gasteiger partial charge >= 0.3 is 0 Å². The van der Waals surface area contributed by atoms with Gasteiger partial charge < -0.3 is 9.47 Å². The highest BCUT2D eigenvalue weighted by Crippen LogP contribution is 2.32. The highest BCUT2D eigenvalue weighted by Gasteiger charge is 2.14. The van der Waals surface area contributed by atoms with Crippen LogP contribution in [-0.2, 0) is 19.6 Å². The third-order valence-electron chi connectivity index (χ3n) is 6.43. The number of hydrogen-bond acceptors (Lipinski definition) is 2.